The molecule has 31 heavy (non-hydrogen) atoms. The maximum Gasteiger partial charge on any atom is 0.200 e. The molecule has 2 aliphatic rings. The third kappa shape index (κ3) is 4.77. The van der Waals surface area contributed by atoms with E-state index in [1.54, 1.807) is 19.2 Å². The first-order valence-corrected chi connectivity index (χ1v) is 11.3. The zero-order valence-electron chi connectivity index (χ0n) is 18.5. The van der Waals surface area contributed by atoms with Gasteiger partial charge in [-0.2, -0.15) is 0 Å². The summed E-state index contributed by atoms with van der Waals surface area (Å²) in [5.41, 5.74) is 0.718. The summed E-state index contributed by atoms with van der Waals surface area (Å²) < 4.78 is 26.2. The molecule has 1 aliphatic carbocycles. The quantitative estimate of drug-likeness (QED) is 0.580. The van der Waals surface area contributed by atoms with E-state index in [4.69, 9.17) is 9.47 Å². The number of hydrogen-bond acceptors (Lipinski definition) is 4. The van der Waals surface area contributed by atoms with E-state index in [0.29, 0.717) is 23.0 Å². The lowest BCUT2D eigenvalue weighted by molar-refractivity contribution is 0.0684. The Hall–Kier alpha value is -2.40. The second kappa shape index (κ2) is 9.39. The van der Waals surface area contributed by atoms with E-state index in [-0.39, 0.29) is 12.8 Å². The minimum Gasteiger partial charge on any atom is -0.493 e. The van der Waals surface area contributed by atoms with Gasteiger partial charge in [-0.3, -0.25) is 9.69 Å². The van der Waals surface area contributed by atoms with Crippen LogP contribution in [-0.2, 0) is 13.0 Å². The summed E-state index contributed by atoms with van der Waals surface area (Å²) in [6, 6.07) is 13.9. The Bertz CT molecular complexity index is 908. The topological polar surface area (TPSA) is 38.8 Å². The van der Waals surface area contributed by atoms with Crippen molar-refractivity contribution in [2.24, 2.45) is 5.92 Å². The minimum absolute atomic E-state index is 0.136. The Kier molecular flexibility index (Phi) is 6.61. The van der Waals surface area contributed by atoms with Gasteiger partial charge in [-0.05, 0) is 68.0 Å². The third-order valence-electron chi connectivity index (χ3n) is 6.87. The number of alkyl halides is 1. The Morgan fingerprint density at radius 3 is 2.42 bits per heavy atom. The van der Waals surface area contributed by atoms with Gasteiger partial charge in [0.15, 0.2) is 17.2 Å². The van der Waals surface area contributed by atoms with Crippen LogP contribution in [0.5, 0.6) is 11.5 Å². The first-order valence-electron chi connectivity index (χ1n) is 11.3. The summed E-state index contributed by atoms with van der Waals surface area (Å²) in [6.07, 6.45) is 4.45. The van der Waals surface area contributed by atoms with E-state index in [1.165, 1.54) is 12.7 Å². The van der Waals surface area contributed by atoms with E-state index in [0.717, 1.165) is 50.9 Å². The summed E-state index contributed by atoms with van der Waals surface area (Å²) in [4.78, 5) is 15.3. The molecule has 0 N–H and O–H groups in total. The van der Waals surface area contributed by atoms with Crippen LogP contribution in [0.4, 0.5) is 4.39 Å². The van der Waals surface area contributed by atoms with Gasteiger partial charge in [-0.1, -0.05) is 36.8 Å². The molecule has 1 atom stereocenters. The first kappa shape index (κ1) is 21.8. The van der Waals surface area contributed by atoms with Gasteiger partial charge >= 0.3 is 0 Å². The standard InChI is InChI=1S/C26H32FNO3/c1-30-23-15-21-17-26(27,25(29)22(21)16-24(23)31-2)12-6-9-19-10-13-28(14-11-19)18-20-7-4-3-5-8-20/h3-5,7-8,15-16,19H,6,9-14,17-18H2,1-2H3. The number of nitrogens with zero attached hydrogens (tertiary/aromatic N) is 1. The normalized spacial score (nSPS) is 21.8. The molecule has 1 aliphatic heterocycles. The second-order valence-corrected chi connectivity index (χ2v) is 8.93. The summed E-state index contributed by atoms with van der Waals surface area (Å²) in [5.74, 6) is 1.23. The van der Waals surface area contributed by atoms with E-state index in [1.807, 2.05) is 6.07 Å². The molecule has 0 amide bonds. The number of piperidine rings is 1. The van der Waals surface area contributed by atoms with Crippen LogP contribution in [0.25, 0.3) is 0 Å². The summed E-state index contributed by atoms with van der Waals surface area (Å²) in [7, 11) is 3.08. The molecule has 0 aromatic heterocycles. The third-order valence-corrected chi connectivity index (χ3v) is 6.87. The van der Waals surface area contributed by atoms with Crippen molar-refractivity contribution in [3.63, 3.8) is 0 Å². The van der Waals surface area contributed by atoms with Crippen molar-refractivity contribution in [3.8, 4) is 11.5 Å². The van der Waals surface area contributed by atoms with E-state index >= 15 is 4.39 Å². The SMILES string of the molecule is COc1cc2c(cc1OC)C(=O)C(F)(CCCC1CCN(Cc3ccccc3)CC1)C2. The number of hydrogen-bond donors (Lipinski definition) is 0. The number of carbonyl (C=O) groups is 1. The molecule has 0 bridgehead atoms. The molecule has 1 fully saturated rings. The number of rotatable bonds is 8. The monoisotopic (exact) mass is 425 g/mol. The van der Waals surface area contributed by atoms with E-state index < -0.39 is 11.5 Å². The summed E-state index contributed by atoms with van der Waals surface area (Å²) >= 11 is 0. The maximum absolute atomic E-state index is 15.6. The fraction of sp³-hybridized carbons (Fsp3) is 0.500. The second-order valence-electron chi connectivity index (χ2n) is 8.93. The van der Waals surface area contributed by atoms with Crippen molar-refractivity contribution in [3.05, 3.63) is 59.2 Å². The lowest BCUT2D eigenvalue weighted by atomic mass is 9.87. The average molecular weight is 426 g/mol. The molecule has 0 radical (unpaired) electrons. The highest BCUT2D eigenvalue weighted by Crippen LogP contribution is 2.42. The van der Waals surface area contributed by atoms with Gasteiger partial charge in [0.2, 0.25) is 5.78 Å². The first-order chi connectivity index (χ1) is 15.0. The molecule has 1 heterocycles. The molecule has 1 unspecified atom stereocenters. The number of halogens is 1. The number of carbonyl (C=O) groups excluding carboxylic acids is 1. The minimum atomic E-state index is -1.80. The smallest absolute Gasteiger partial charge is 0.200 e. The number of fused-ring (bicyclic) bond motifs is 1. The molecule has 0 saturated carbocycles. The largest absolute Gasteiger partial charge is 0.493 e. The molecule has 4 rings (SSSR count). The highest BCUT2D eigenvalue weighted by Gasteiger charge is 2.46. The molecule has 2 aromatic rings. The fourth-order valence-electron chi connectivity index (χ4n) is 5.05. The van der Waals surface area contributed by atoms with Crippen LogP contribution in [0.2, 0.25) is 0 Å². The number of ether oxygens (including phenoxy) is 2. The van der Waals surface area contributed by atoms with Crippen molar-refractivity contribution < 1.29 is 18.7 Å². The zero-order chi connectivity index (χ0) is 21.8. The Balaban J connectivity index is 1.26. The number of Topliss-reactive ketones (excluding diaryl/α,β-unsaturated/α-hetero) is 1. The van der Waals surface area contributed by atoms with Gasteiger partial charge < -0.3 is 9.47 Å². The number of ketones is 1. The molecule has 5 heteroatoms. The molecular weight excluding hydrogens is 393 g/mol. The van der Waals surface area contributed by atoms with E-state index in [9.17, 15) is 4.79 Å². The van der Waals surface area contributed by atoms with Crippen LogP contribution in [-0.4, -0.2) is 43.7 Å². The van der Waals surface area contributed by atoms with Crippen molar-refractivity contribution in [1.29, 1.82) is 0 Å². The van der Waals surface area contributed by atoms with Gasteiger partial charge in [-0.25, -0.2) is 4.39 Å². The van der Waals surface area contributed by atoms with Crippen molar-refractivity contribution >= 4 is 5.78 Å². The fourth-order valence-corrected chi connectivity index (χ4v) is 5.05. The van der Waals surface area contributed by atoms with Gasteiger partial charge in [0.25, 0.3) is 0 Å². The average Bonchev–Trinajstić information content (AvgIpc) is 3.04. The predicted molar refractivity (Wildman–Crippen MR) is 120 cm³/mol. The summed E-state index contributed by atoms with van der Waals surface area (Å²) in [5, 5.41) is 0. The predicted octanol–water partition coefficient (Wildman–Crippen LogP) is 5.23. The number of benzene rings is 2. The molecule has 1 saturated heterocycles. The van der Waals surface area contributed by atoms with Gasteiger partial charge in [-0.15, -0.1) is 0 Å². The van der Waals surface area contributed by atoms with Crippen LogP contribution in [0, 0.1) is 5.92 Å². The lowest BCUT2D eigenvalue weighted by Gasteiger charge is -2.32. The Morgan fingerprint density at radius 1 is 1.06 bits per heavy atom. The molecule has 166 valence electrons. The summed E-state index contributed by atoms with van der Waals surface area (Å²) in [6.45, 7) is 3.18. The molecular formula is C26H32FNO3. The number of methoxy groups -OCH3 is 2. The molecule has 4 nitrogen and oxygen atoms in total. The molecule has 2 aromatic carbocycles. The van der Waals surface area contributed by atoms with Crippen LogP contribution >= 0.6 is 0 Å². The zero-order valence-corrected chi connectivity index (χ0v) is 18.5. The van der Waals surface area contributed by atoms with Gasteiger partial charge in [0.1, 0.15) is 0 Å². The van der Waals surface area contributed by atoms with Crippen LogP contribution < -0.4 is 9.47 Å². The van der Waals surface area contributed by atoms with Crippen LogP contribution in [0.3, 0.4) is 0 Å². The van der Waals surface area contributed by atoms with Crippen LogP contribution in [0.1, 0.15) is 53.6 Å². The van der Waals surface area contributed by atoms with Crippen molar-refractivity contribution in [1.82, 2.24) is 4.90 Å². The Labute approximate surface area is 184 Å². The molecule has 0 spiro atoms. The van der Waals surface area contributed by atoms with Crippen LogP contribution in [0.15, 0.2) is 42.5 Å². The van der Waals surface area contributed by atoms with Gasteiger partial charge in [0, 0.05) is 18.5 Å². The maximum atomic E-state index is 15.6. The van der Waals surface area contributed by atoms with E-state index in [2.05, 4.69) is 29.2 Å². The van der Waals surface area contributed by atoms with Crippen molar-refractivity contribution in [2.45, 2.75) is 50.7 Å². The Morgan fingerprint density at radius 2 is 1.74 bits per heavy atom. The van der Waals surface area contributed by atoms with Gasteiger partial charge in [0.05, 0.1) is 14.2 Å². The highest BCUT2D eigenvalue weighted by atomic mass is 19.1. The number of likely N-dealkylation sites (tertiary alicyclic amines) is 1. The highest BCUT2D eigenvalue weighted by molar-refractivity contribution is 6.07. The van der Waals surface area contributed by atoms with Crippen molar-refractivity contribution in [2.75, 3.05) is 27.3 Å². The lowest BCUT2D eigenvalue weighted by Crippen LogP contribution is -2.34.